The highest BCUT2D eigenvalue weighted by Gasteiger charge is 2.32. The summed E-state index contributed by atoms with van der Waals surface area (Å²) in [6, 6.07) is 20.2. The maximum Gasteiger partial charge on any atom is 0.433 e. The molecule has 0 aliphatic rings. The van der Waals surface area contributed by atoms with E-state index < -0.39 is 11.9 Å². The Labute approximate surface area is 169 Å². The van der Waals surface area contributed by atoms with Crippen molar-refractivity contribution in [2.24, 2.45) is 0 Å². The second-order valence-electron chi connectivity index (χ2n) is 6.16. The lowest BCUT2D eigenvalue weighted by Crippen LogP contribution is -2.08. The SMILES string of the molecule is FC(F)(F)c1ccnc(SCc2cn(-c3ccccc3)nc2-c2ccccc2)n1. The van der Waals surface area contributed by atoms with E-state index >= 15 is 0 Å². The summed E-state index contributed by atoms with van der Waals surface area (Å²) in [5.41, 5.74) is 2.54. The molecule has 8 heteroatoms. The largest absolute Gasteiger partial charge is 0.433 e. The molecule has 4 aromatic rings. The first-order valence-corrected chi connectivity index (χ1v) is 9.72. The van der Waals surface area contributed by atoms with E-state index in [0.29, 0.717) is 5.75 Å². The van der Waals surface area contributed by atoms with E-state index in [1.165, 1.54) is 0 Å². The van der Waals surface area contributed by atoms with E-state index in [0.717, 1.165) is 46.5 Å². The molecule has 0 radical (unpaired) electrons. The van der Waals surface area contributed by atoms with Gasteiger partial charge in [-0.05, 0) is 18.2 Å². The molecular formula is C21H15F3N4S. The monoisotopic (exact) mass is 412 g/mol. The van der Waals surface area contributed by atoms with Gasteiger partial charge in [-0.2, -0.15) is 18.3 Å². The maximum absolute atomic E-state index is 12.9. The molecule has 0 aliphatic heterocycles. The molecule has 4 rings (SSSR count). The molecule has 2 heterocycles. The lowest BCUT2D eigenvalue weighted by Gasteiger charge is -2.06. The molecule has 0 spiro atoms. The number of hydrogen-bond acceptors (Lipinski definition) is 4. The van der Waals surface area contributed by atoms with Crippen molar-refractivity contribution in [1.29, 1.82) is 0 Å². The minimum atomic E-state index is -4.49. The van der Waals surface area contributed by atoms with E-state index in [1.807, 2.05) is 66.9 Å². The average molecular weight is 412 g/mol. The summed E-state index contributed by atoms with van der Waals surface area (Å²) in [5, 5.41) is 4.78. The minimum Gasteiger partial charge on any atom is -0.240 e. The standard InChI is InChI=1S/C21H15F3N4S/c22-21(23,24)18-11-12-25-20(26-18)29-14-16-13-28(17-9-5-2-6-10-17)27-19(16)15-7-3-1-4-8-15/h1-13H,14H2. The Hall–Kier alpha value is -3.13. The summed E-state index contributed by atoms with van der Waals surface area (Å²) in [7, 11) is 0. The van der Waals surface area contributed by atoms with E-state index in [9.17, 15) is 13.2 Å². The number of aromatic nitrogens is 4. The average Bonchev–Trinajstić information content (AvgIpc) is 3.17. The molecule has 0 aliphatic carbocycles. The van der Waals surface area contributed by atoms with Crippen molar-refractivity contribution in [3.63, 3.8) is 0 Å². The zero-order valence-corrected chi connectivity index (χ0v) is 15.9. The fraction of sp³-hybridized carbons (Fsp3) is 0.0952. The molecule has 0 unspecified atom stereocenters. The molecule has 0 amide bonds. The molecule has 0 fully saturated rings. The summed E-state index contributed by atoms with van der Waals surface area (Å²) in [5.74, 6) is 0.387. The predicted octanol–water partition coefficient (Wildman–Crippen LogP) is 5.64. The van der Waals surface area contributed by atoms with Crippen molar-refractivity contribution in [1.82, 2.24) is 19.7 Å². The van der Waals surface area contributed by atoms with E-state index in [1.54, 1.807) is 4.68 Å². The fourth-order valence-corrected chi connectivity index (χ4v) is 3.57. The van der Waals surface area contributed by atoms with E-state index in [-0.39, 0.29) is 5.16 Å². The van der Waals surface area contributed by atoms with Crippen LogP contribution in [0.4, 0.5) is 13.2 Å². The first kappa shape index (κ1) is 19.2. The summed E-state index contributed by atoms with van der Waals surface area (Å²) in [6.07, 6.45) is -1.48. The summed E-state index contributed by atoms with van der Waals surface area (Å²) < 4.78 is 40.5. The number of benzene rings is 2. The first-order chi connectivity index (χ1) is 14.0. The topological polar surface area (TPSA) is 43.6 Å². The van der Waals surface area contributed by atoms with Crippen LogP contribution in [0, 0.1) is 0 Å². The zero-order valence-electron chi connectivity index (χ0n) is 15.0. The molecule has 0 saturated carbocycles. The summed E-state index contributed by atoms with van der Waals surface area (Å²) in [4.78, 5) is 7.59. The summed E-state index contributed by atoms with van der Waals surface area (Å²) in [6.45, 7) is 0. The number of thioether (sulfide) groups is 1. The Morgan fingerprint density at radius 3 is 2.28 bits per heavy atom. The molecule has 146 valence electrons. The molecule has 2 aromatic heterocycles. The second kappa shape index (κ2) is 8.08. The van der Waals surface area contributed by atoms with Gasteiger partial charge in [-0.3, -0.25) is 0 Å². The van der Waals surface area contributed by atoms with Crippen molar-refractivity contribution < 1.29 is 13.2 Å². The van der Waals surface area contributed by atoms with Gasteiger partial charge in [0.2, 0.25) is 0 Å². The normalized spacial score (nSPS) is 11.6. The number of nitrogens with zero attached hydrogens (tertiary/aromatic N) is 4. The van der Waals surface area contributed by atoms with Gasteiger partial charge in [-0.25, -0.2) is 14.6 Å². The predicted molar refractivity (Wildman–Crippen MR) is 106 cm³/mol. The van der Waals surface area contributed by atoms with Crippen molar-refractivity contribution in [3.05, 3.63) is 90.4 Å². The molecule has 4 nitrogen and oxygen atoms in total. The van der Waals surface area contributed by atoms with Crippen LogP contribution in [0.1, 0.15) is 11.3 Å². The van der Waals surface area contributed by atoms with Gasteiger partial charge in [0.25, 0.3) is 0 Å². The van der Waals surface area contributed by atoms with Crippen LogP contribution >= 0.6 is 11.8 Å². The third kappa shape index (κ3) is 4.48. The maximum atomic E-state index is 12.9. The number of para-hydroxylation sites is 1. The summed E-state index contributed by atoms with van der Waals surface area (Å²) >= 11 is 1.15. The van der Waals surface area contributed by atoms with Gasteiger partial charge in [0.15, 0.2) is 5.16 Å². The molecule has 2 aromatic carbocycles. The van der Waals surface area contributed by atoms with Crippen molar-refractivity contribution in [2.45, 2.75) is 17.1 Å². The van der Waals surface area contributed by atoms with Crippen LogP contribution in [0.5, 0.6) is 0 Å². The van der Waals surface area contributed by atoms with Gasteiger partial charge in [0.05, 0.1) is 11.4 Å². The minimum absolute atomic E-state index is 0.0753. The lowest BCUT2D eigenvalue weighted by atomic mass is 10.1. The Morgan fingerprint density at radius 1 is 0.897 bits per heavy atom. The molecule has 0 N–H and O–H groups in total. The number of rotatable bonds is 5. The van der Waals surface area contributed by atoms with Crippen molar-refractivity contribution in [2.75, 3.05) is 0 Å². The molecule has 29 heavy (non-hydrogen) atoms. The third-order valence-corrected chi connectivity index (χ3v) is 5.05. The second-order valence-corrected chi connectivity index (χ2v) is 7.10. The van der Waals surface area contributed by atoms with Gasteiger partial charge < -0.3 is 0 Å². The van der Waals surface area contributed by atoms with Crippen LogP contribution in [-0.4, -0.2) is 19.7 Å². The van der Waals surface area contributed by atoms with Crippen LogP contribution in [0.2, 0.25) is 0 Å². The van der Waals surface area contributed by atoms with Crippen LogP contribution in [0.3, 0.4) is 0 Å². The smallest absolute Gasteiger partial charge is 0.240 e. The highest BCUT2D eigenvalue weighted by atomic mass is 32.2. The molecule has 0 atom stereocenters. The van der Waals surface area contributed by atoms with Crippen LogP contribution in [-0.2, 0) is 11.9 Å². The fourth-order valence-electron chi connectivity index (χ4n) is 2.78. The van der Waals surface area contributed by atoms with Crippen LogP contribution < -0.4 is 0 Å². The van der Waals surface area contributed by atoms with Gasteiger partial charge in [-0.1, -0.05) is 60.3 Å². The van der Waals surface area contributed by atoms with Crippen molar-refractivity contribution in [3.8, 4) is 16.9 Å². The van der Waals surface area contributed by atoms with Crippen molar-refractivity contribution >= 4 is 11.8 Å². The van der Waals surface area contributed by atoms with Crippen LogP contribution in [0.25, 0.3) is 16.9 Å². The Kier molecular flexibility index (Phi) is 5.35. The molecular weight excluding hydrogens is 397 g/mol. The lowest BCUT2D eigenvalue weighted by molar-refractivity contribution is -0.141. The highest BCUT2D eigenvalue weighted by Crippen LogP contribution is 2.31. The number of halogens is 3. The Morgan fingerprint density at radius 2 is 1.59 bits per heavy atom. The Bertz CT molecular complexity index is 1100. The van der Waals surface area contributed by atoms with Gasteiger partial charge in [0, 0.05) is 29.3 Å². The zero-order chi connectivity index (χ0) is 20.3. The first-order valence-electron chi connectivity index (χ1n) is 8.73. The van der Waals surface area contributed by atoms with E-state index in [4.69, 9.17) is 5.10 Å². The Balaban J connectivity index is 1.65. The quantitative estimate of drug-likeness (QED) is 0.314. The molecule has 0 bridgehead atoms. The van der Waals surface area contributed by atoms with Gasteiger partial charge in [0.1, 0.15) is 5.69 Å². The molecule has 0 saturated heterocycles. The van der Waals surface area contributed by atoms with E-state index in [2.05, 4.69) is 9.97 Å². The van der Waals surface area contributed by atoms with Gasteiger partial charge in [-0.15, -0.1) is 0 Å². The number of hydrogen-bond donors (Lipinski definition) is 0. The highest BCUT2D eigenvalue weighted by molar-refractivity contribution is 7.98. The third-order valence-electron chi connectivity index (χ3n) is 4.14. The van der Waals surface area contributed by atoms with Crippen LogP contribution in [0.15, 0.2) is 84.3 Å². The number of alkyl halides is 3. The van der Waals surface area contributed by atoms with Gasteiger partial charge >= 0.3 is 6.18 Å².